The Morgan fingerprint density at radius 1 is 0.528 bits per heavy atom. The van der Waals surface area contributed by atoms with E-state index in [1.807, 2.05) is 12.3 Å². The first kappa shape index (κ1) is 45.2. The van der Waals surface area contributed by atoms with E-state index in [0.717, 1.165) is 78.2 Å². The smallest absolute Gasteiger partial charge is 0.135 e. The number of hydrogen-bond acceptors (Lipinski definition) is 4. The Hall–Kier alpha value is -7.98. The first-order valence-electron chi connectivity index (χ1n) is 24.4. The zero-order valence-corrected chi connectivity index (χ0v) is 42.6. The number of aromatic nitrogens is 2. The normalized spacial score (nSPS) is 13.4. The number of rotatable bonds is 8. The van der Waals surface area contributed by atoms with Crippen molar-refractivity contribution in [1.82, 2.24) is 9.55 Å². The summed E-state index contributed by atoms with van der Waals surface area (Å²) < 4.78 is 9.34. The average Bonchev–Trinajstić information content (AvgIpc) is 4.05. The molecule has 0 saturated carbocycles. The average molecular weight is 1110 g/mol. The predicted octanol–water partition coefficient (Wildman–Crippen LogP) is 16.9. The molecule has 1 aliphatic carbocycles. The summed E-state index contributed by atoms with van der Waals surface area (Å²) in [6.45, 7) is 11.3. The molecule has 352 valence electrons. The molecule has 6 heteroatoms. The number of fused-ring (bicyclic) bond motifs is 7. The molecule has 0 N–H and O–H groups in total. The van der Waals surface area contributed by atoms with Gasteiger partial charge in [-0.1, -0.05) is 184 Å². The van der Waals surface area contributed by atoms with Crippen molar-refractivity contribution < 1.29 is 25.8 Å². The molecule has 13 rings (SSSR count). The molecule has 2 aromatic heterocycles. The van der Waals surface area contributed by atoms with Crippen molar-refractivity contribution >= 4 is 44.6 Å². The Bertz CT molecular complexity index is 3750. The first-order valence-corrected chi connectivity index (χ1v) is 24.4. The van der Waals surface area contributed by atoms with Crippen LogP contribution in [0.2, 0.25) is 0 Å². The van der Waals surface area contributed by atoms with Crippen LogP contribution < -0.4 is 14.5 Å². The van der Waals surface area contributed by atoms with E-state index in [9.17, 15) is 0 Å². The van der Waals surface area contributed by atoms with E-state index in [2.05, 4.69) is 267 Å². The van der Waals surface area contributed by atoms with Crippen LogP contribution in [0, 0.1) is 18.8 Å². The minimum Gasteiger partial charge on any atom is -0.509 e. The molecule has 0 bridgehead atoms. The molecule has 2 aliphatic rings. The van der Waals surface area contributed by atoms with Crippen molar-refractivity contribution in [3.63, 3.8) is 0 Å². The van der Waals surface area contributed by atoms with Crippen molar-refractivity contribution in [2.24, 2.45) is 0 Å². The van der Waals surface area contributed by atoms with Gasteiger partial charge in [0.05, 0.1) is 0 Å². The van der Waals surface area contributed by atoms with E-state index in [0.29, 0.717) is 11.5 Å². The summed E-state index contributed by atoms with van der Waals surface area (Å²) in [7, 11) is 0. The molecule has 72 heavy (non-hydrogen) atoms. The maximum absolute atomic E-state index is 7.13. The molecule has 0 fully saturated rings. The molecule has 0 unspecified atom stereocenters. The van der Waals surface area contributed by atoms with Crippen LogP contribution in [0.25, 0.3) is 61.0 Å². The molecule has 3 heterocycles. The monoisotopic (exact) mass is 1110 g/mol. The van der Waals surface area contributed by atoms with Crippen LogP contribution in [0.5, 0.6) is 11.5 Å². The van der Waals surface area contributed by atoms with E-state index < -0.39 is 5.41 Å². The number of ether oxygens (including phenoxy) is 1. The Balaban J connectivity index is 0.00000530. The van der Waals surface area contributed by atoms with Crippen LogP contribution in [-0.4, -0.2) is 9.55 Å². The van der Waals surface area contributed by atoms with Gasteiger partial charge in [0.1, 0.15) is 5.82 Å². The van der Waals surface area contributed by atoms with Crippen molar-refractivity contribution in [3.8, 4) is 50.7 Å². The number of benzene rings is 9. The van der Waals surface area contributed by atoms with Gasteiger partial charge in [-0.25, -0.2) is 4.98 Å². The molecular formula is C66H49N4OPt-3. The Kier molecular flexibility index (Phi) is 11.1. The zero-order chi connectivity index (χ0) is 47.8. The molecule has 0 radical (unpaired) electrons. The second-order valence-corrected chi connectivity index (χ2v) is 19.8. The Morgan fingerprint density at radius 2 is 1.11 bits per heavy atom. The maximum atomic E-state index is 7.13. The standard InChI is InChI=1S/C66H49N4O.Pt/c1-65(2,3)46-36-37-67-63(40-46)70-59-31-16-13-26-55(59)56-35-34-49(42-62(56)70)71-50-39-47(66(4)57-29-14-11-24-53(57)54-25-12-15-30-58(54)66)38-48(41-50)68-43-69(61-33-18-17-32-60(61)68)64-51(44-20-7-5-8-21-44)27-19-28-52(64)45-22-9-6-10-23-45;/h5-40,43H,1-4H3;/q-3;. The molecular weight excluding hydrogens is 1060 g/mol. The van der Waals surface area contributed by atoms with Gasteiger partial charge in [-0.15, -0.1) is 53.6 Å². The maximum Gasteiger partial charge on any atom is 0.135 e. The van der Waals surface area contributed by atoms with Crippen LogP contribution in [0.4, 0.5) is 22.7 Å². The molecule has 0 saturated heterocycles. The van der Waals surface area contributed by atoms with Crippen molar-refractivity contribution in [3.05, 3.63) is 260 Å². The summed E-state index contributed by atoms with van der Waals surface area (Å²) in [4.78, 5) is 9.57. The van der Waals surface area contributed by atoms with E-state index in [1.165, 1.54) is 27.8 Å². The molecule has 0 amide bonds. The molecule has 1 aliphatic heterocycles. The molecule has 0 atom stereocenters. The van der Waals surface area contributed by atoms with Gasteiger partial charge in [0.15, 0.2) is 0 Å². The fourth-order valence-corrected chi connectivity index (χ4v) is 11.0. The zero-order valence-electron chi connectivity index (χ0n) is 40.4. The van der Waals surface area contributed by atoms with Crippen molar-refractivity contribution in [1.29, 1.82) is 0 Å². The van der Waals surface area contributed by atoms with Crippen LogP contribution in [0.15, 0.2) is 219 Å². The summed E-state index contributed by atoms with van der Waals surface area (Å²) >= 11 is 0. The SMILES string of the molecule is CC(C)(C)c1ccnc(-n2c3[c-]c(Oc4[c-]c(N5[CH-]N(c6c(-c7ccccc7)cccc6-c6ccccc6)c6ccccc65)cc(C5(C)c6ccccc6-c6ccccc65)c4)ccc3c3ccccc32)c1.[Pt]. The van der Waals surface area contributed by atoms with Crippen molar-refractivity contribution in [2.75, 3.05) is 9.80 Å². The second-order valence-electron chi connectivity index (χ2n) is 19.8. The number of pyridine rings is 1. The van der Waals surface area contributed by atoms with Crippen LogP contribution in [0.3, 0.4) is 0 Å². The fraction of sp³-hybridized carbons (Fsp3) is 0.0909. The summed E-state index contributed by atoms with van der Waals surface area (Å²) in [5.41, 5.74) is 17.3. The summed E-state index contributed by atoms with van der Waals surface area (Å²) in [6, 6.07) is 83.4. The van der Waals surface area contributed by atoms with E-state index in [1.54, 1.807) is 0 Å². The summed E-state index contributed by atoms with van der Waals surface area (Å²) in [6.07, 6.45) is 1.91. The topological polar surface area (TPSA) is 33.5 Å². The molecule has 0 spiro atoms. The summed E-state index contributed by atoms with van der Waals surface area (Å²) in [5.74, 6) is 2.02. The van der Waals surface area contributed by atoms with Crippen molar-refractivity contribution in [2.45, 2.75) is 38.5 Å². The predicted molar refractivity (Wildman–Crippen MR) is 291 cm³/mol. The molecule has 5 nitrogen and oxygen atoms in total. The van der Waals surface area contributed by atoms with Gasteiger partial charge in [0, 0.05) is 77.9 Å². The van der Waals surface area contributed by atoms with Crippen LogP contribution >= 0.6 is 0 Å². The quantitative estimate of drug-likeness (QED) is 0.142. The number of nitrogens with zero attached hydrogens (tertiary/aromatic N) is 4. The Labute approximate surface area is 435 Å². The van der Waals surface area contributed by atoms with Crippen LogP contribution in [0.1, 0.15) is 49.9 Å². The number of hydrogen-bond donors (Lipinski definition) is 0. The largest absolute Gasteiger partial charge is 0.509 e. The third kappa shape index (κ3) is 7.37. The van der Waals surface area contributed by atoms with Gasteiger partial charge in [-0.3, -0.25) is 0 Å². The van der Waals surface area contributed by atoms with Gasteiger partial charge in [-0.05, 0) is 87.0 Å². The number of anilines is 4. The second kappa shape index (κ2) is 17.7. The number of para-hydroxylation sites is 4. The fourth-order valence-electron chi connectivity index (χ4n) is 11.0. The first-order chi connectivity index (χ1) is 34.7. The minimum atomic E-state index is -0.516. The third-order valence-corrected chi connectivity index (χ3v) is 14.6. The van der Waals surface area contributed by atoms with Gasteiger partial charge >= 0.3 is 0 Å². The molecule has 11 aromatic rings. The summed E-state index contributed by atoms with van der Waals surface area (Å²) in [5, 5.41) is 2.21. The van der Waals surface area contributed by atoms with Gasteiger partial charge in [0.25, 0.3) is 0 Å². The van der Waals surface area contributed by atoms with Gasteiger partial charge in [-0.2, -0.15) is 6.07 Å². The van der Waals surface area contributed by atoms with Gasteiger partial charge < -0.3 is 19.1 Å². The van der Waals surface area contributed by atoms with Crippen LogP contribution in [-0.2, 0) is 31.9 Å². The van der Waals surface area contributed by atoms with E-state index in [-0.39, 0.29) is 26.5 Å². The molecule has 9 aromatic carbocycles. The third-order valence-electron chi connectivity index (χ3n) is 14.6. The van der Waals surface area contributed by atoms with E-state index in [4.69, 9.17) is 9.72 Å². The minimum absolute atomic E-state index is 0. The van der Waals surface area contributed by atoms with E-state index >= 15 is 0 Å². The Morgan fingerprint density at radius 3 is 1.78 bits per heavy atom. The van der Waals surface area contributed by atoms with Gasteiger partial charge in [0.2, 0.25) is 0 Å².